The number of nitrogens with zero attached hydrogens (tertiary/aromatic N) is 2. The minimum absolute atomic E-state index is 0.0663. The zero-order chi connectivity index (χ0) is 29.2. The largest absolute Gasteiger partial charge is 0.459 e. The molecule has 1 N–H and O–H groups in total. The molecule has 42 heavy (non-hydrogen) atoms. The fraction of sp³-hybridized carbons (Fsp3) is 0.471. The number of hydrogen-bond acceptors (Lipinski definition) is 8. The van der Waals surface area contributed by atoms with Crippen molar-refractivity contribution in [3.8, 4) is 0 Å². The molecule has 0 bridgehead atoms. The molecule has 0 saturated carbocycles. The van der Waals surface area contributed by atoms with Crippen molar-refractivity contribution in [2.75, 3.05) is 63.4 Å². The van der Waals surface area contributed by atoms with Gasteiger partial charge < -0.3 is 29.3 Å². The number of morpholine rings is 1. The van der Waals surface area contributed by atoms with E-state index in [2.05, 4.69) is 63.6 Å². The maximum absolute atomic E-state index is 14.0. The van der Waals surface area contributed by atoms with Crippen LogP contribution in [0, 0.1) is 0 Å². The van der Waals surface area contributed by atoms with E-state index in [0.29, 0.717) is 43.8 Å². The third kappa shape index (κ3) is 5.83. The monoisotopic (exact) mass is 571 g/mol. The summed E-state index contributed by atoms with van der Waals surface area (Å²) in [7, 11) is 4.04. The Hall–Kier alpha value is -3.62. The first kappa shape index (κ1) is 28.5. The van der Waals surface area contributed by atoms with Gasteiger partial charge in [-0.3, -0.25) is 4.79 Å². The molecule has 3 unspecified atom stereocenters. The number of carbonyl (C=O) groups is 2. The van der Waals surface area contributed by atoms with Crippen molar-refractivity contribution in [3.63, 3.8) is 0 Å². The SMILES string of the molecule is CC1=C(C(=O)OCC2CCCO2)C(c2ccc(N3CCOCC3)cc2)C2=C(CC(c3ccc(N(C)C)cc3)CC2=O)N1. The minimum atomic E-state index is -0.485. The van der Waals surface area contributed by atoms with E-state index >= 15 is 0 Å². The van der Waals surface area contributed by atoms with Gasteiger partial charge in [-0.2, -0.15) is 0 Å². The average Bonchev–Trinajstić information content (AvgIpc) is 3.53. The molecule has 2 aromatic rings. The number of Topliss-reactive ketones (excluding diaryl/α,β-unsaturated/α-hetero) is 1. The molecule has 3 heterocycles. The lowest BCUT2D eigenvalue weighted by Crippen LogP contribution is -2.37. The Labute approximate surface area is 248 Å². The molecule has 8 heteroatoms. The van der Waals surface area contributed by atoms with E-state index in [-0.39, 0.29) is 24.4 Å². The Balaban J connectivity index is 1.32. The highest BCUT2D eigenvalue weighted by atomic mass is 16.6. The highest BCUT2D eigenvalue weighted by molar-refractivity contribution is 6.04. The van der Waals surface area contributed by atoms with Crippen molar-refractivity contribution in [1.29, 1.82) is 0 Å². The maximum Gasteiger partial charge on any atom is 0.336 e. The molecular weight excluding hydrogens is 530 g/mol. The van der Waals surface area contributed by atoms with Crippen LogP contribution in [0.1, 0.15) is 55.6 Å². The minimum Gasteiger partial charge on any atom is -0.459 e. The summed E-state index contributed by atoms with van der Waals surface area (Å²) in [6.45, 7) is 5.96. The van der Waals surface area contributed by atoms with Gasteiger partial charge in [0, 0.05) is 74.5 Å². The van der Waals surface area contributed by atoms with E-state index in [4.69, 9.17) is 14.2 Å². The van der Waals surface area contributed by atoms with E-state index in [9.17, 15) is 9.59 Å². The molecule has 3 atom stereocenters. The highest BCUT2D eigenvalue weighted by Gasteiger charge is 2.41. The van der Waals surface area contributed by atoms with Crippen molar-refractivity contribution in [2.24, 2.45) is 0 Å². The van der Waals surface area contributed by atoms with E-state index in [0.717, 1.165) is 59.8 Å². The van der Waals surface area contributed by atoms with Gasteiger partial charge in [0.2, 0.25) is 0 Å². The summed E-state index contributed by atoms with van der Waals surface area (Å²) >= 11 is 0. The van der Waals surface area contributed by atoms with E-state index in [1.54, 1.807) is 0 Å². The molecule has 222 valence electrons. The van der Waals surface area contributed by atoms with E-state index in [1.165, 1.54) is 0 Å². The summed E-state index contributed by atoms with van der Waals surface area (Å²) in [4.78, 5) is 32.1. The number of rotatable bonds is 7. The van der Waals surface area contributed by atoms with Crippen LogP contribution in [0.2, 0.25) is 0 Å². The van der Waals surface area contributed by atoms with Crippen LogP contribution in [0.25, 0.3) is 0 Å². The first-order chi connectivity index (χ1) is 20.4. The van der Waals surface area contributed by atoms with Crippen molar-refractivity contribution in [3.05, 3.63) is 82.2 Å². The predicted molar refractivity (Wildman–Crippen MR) is 163 cm³/mol. The molecule has 8 nitrogen and oxygen atoms in total. The molecule has 0 spiro atoms. The summed E-state index contributed by atoms with van der Waals surface area (Å²) in [5.41, 5.74) is 7.15. The number of allylic oxidation sites excluding steroid dienone is 3. The fourth-order valence-electron chi connectivity index (χ4n) is 6.64. The number of carbonyl (C=O) groups excluding carboxylic acids is 2. The van der Waals surface area contributed by atoms with Crippen LogP contribution in [-0.2, 0) is 23.8 Å². The van der Waals surface area contributed by atoms with Crippen molar-refractivity contribution < 1.29 is 23.8 Å². The van der Waals surface area contributed by atoms with Gasteiger partial charge in [-0.25, -0.2) is 4.79 Å². The summed E-state index contributed by atoms with van der Waals surface area (Å²) in [6, 6.07) is 16.8. The molecule has 2 aromatic carbocycles. The van der Waals surface area contributed by atoms with Crippen molar-refractivity contribution in [2.45, 2.75) is 50.5 Å². The van der Waals surface area contributed by atoms with Gasteiger partial charge in [0.25, 0.3) is 0 Å². The third-order valence-electron chi connectivity index (χ3n) is 8.96. The molecule has 0 amide bonds. The second-order valence-electron chi connectivity index (χ2n) is 11.9. The molecule has 1 aliphatic carbocycles. The Bertz CT molecular complexity index is 1370. The lowest BCUT2D eigenvalue weighted by Gasteiger charge is -2.37. The Kier molecular flexibility index (Phi) is 8.36. The molecule has 2 fully saturated rings. The normalized spacial score (nSPS) is 24.4. The van der Waals surface area contributed by atoms with Gasteiger partial charge in [0.15, 0.2) is 5.78 Å². The molecule has 4 aliphatic rings. The predicted octanol–water partition coefficient (Wildman–Crippen LogP) is 4.67. The van der Waals surface area contributed by atoms with Crippen LogP contribution in [0.15, 0.2) is 71.1 Å². The van der Waals surface area contributed by atoms with Crippen LogP contribution < -0.4 is 15.1 Å². The number of dihydropyridines is 1. The molecule has 2 saturated heterocycles. The second kappa shape index (κ2) is 12.3. The van der Waals surface area contributed by atoms with Gasteiger partial charge in [-0.05, 0) is 67.5 Å². The summed E-state index contributed by atoms with van der Waals surface area (Å²) < 4.78 is 17.0. The van der Waals surface area contributed by atoms with E-state index in [1.807, 2.05) is 21.0 Å². The molecular formula is C34H41N3O5. The van der Waals surface area contributed by atoms with Gasteiger partial charge in [0.1, 0.15) is 6.61 Å². The second-order valence-corrected chi connectivity index (χ2v) is 11.9. The van der Waals surface area contributed by atoms with Gasteiger partial charge >= 0.3 is 5.97 Å². The molecule has 0 aromatic heterocycles. The summed E-state index contributed by atoms with van der Waals surface area (Å²) in [5.74, 6) is -0.727. The number of hydrogen-bond donors (Lipinski definition) is 1. The Morgan fingerprint density at radius 2 is 1.71 bits per heavy atom. The van der Waals surface area contributed by atoms with Crippen LogP contribution >= 0.6 is 0 Å². The molecule has 6 rings (SSSR count). The quantitative estimate of drug-likeness (QED) is 0.481. The first-order valence-electron chi connectivity index (χ1n) is 15.1. The number of ether oxygens (including phenoxy) is 3. The van der Waals surface area contributed by atoms with Crippen molar-refractivity contribution in [1.82, 2.24) is 5.32 Å². The lowest BCUT2D eigenvalue weighted by atomic mass is 9.71. The highest BCUT2D eigenvalue weighted by Crippen LogP contribution is 2.46. The zero-order valence-corrected chi connectivity index (χ0v) is 24.9. The smallest absolute Gasteiger partial charge is 0.336 e. The zero-order valence-electron chi connectivity index (χ0n) is 24.9. The summed E-state index contributed by atoms with van der Waals surface area (Å²) in [6.07, 6.45) is 2.92. The number of esters is 1. The van der Waals surface area contributed by atoms with Gasteiger partial charge in [0.05, 0.1) is 24.9 Å². The fourth-order valence-corrected chi connectivity index (χ4v) is 6.64. The number of nitrogens with one attached hydrogen (secondary N) is 1. The molecule has 0 radical (unpaired) electrons. The maximum atomic E-state index is 14.0. The third-order valence-corrected chi connectivity index (χ3v) is 8.96. The number of ketones is 1. The van der Waals surface area contributed by atoms with Crippen LogP contribution in [0.3, 0.4) is 0 Å². The van der Waals surface area contributed by atoms with Gasteiger partial charge in [-0.15, -0.1) is 0 Å². The standard InChI is InChI=1S/C34H41N3O5/c1-22-31(34(39)42-21-28-5-4-16-41-28)32(24-8-12-27(13-9-24)37-14-17-40-18-15-37)33-29(35-22)19-25(20-30(33)38)23-6-10-26(11-7-23)36(2)3/h6-13,25,28,32,35H,4-5,14-21H2,1-3H3. The summed E-state index contributed by atoms with van der Waals surface area (Å²) in [5, 5.41) is 3.48. The molecule has 3 aliphatic heterocycles. The van der Waals surface area contributed by atoms with Crippen molar-refractivity contribution >= 4 is 23.1 Å². The number of anilines is 2. The topological polar surface area (TPSA) is 80.3 Å². The Morgan fingerprint density at radius 1 is 1.00 bits per heavy atom. The van der Waals surface area contributed by atoms with Gasteiger partial charge in [-0.1, -0.05) is 24.3 Å². The van der Waals surface area contributed by atoms with E-state index < -0.39 is 11.9 Å². The number of benzene rings is 2. The first-order valence-corrected chi connectivity index (χ1v) is 15.1. The average molecular weight is 572 g/mol. The van der Waals surface area contributed by atoms with Crippen LogP contribution in [0.4, 0.5) is 11.4 Å². The van der Waals surface area contributed by atoms with Crippen LogP contribution in [0.5, 0.6) is 0 Å². The van der Waals surface area contributed by atoms with Crippen LogP contribution in [-0.4, -0.2) is 71.5 Å². The Morgan fingerprint density at radius 3 is 2.38 bits per heavy atom. The lowest BCUT2D eigenvalue weighted by molar-refractivity contribution is -0.142.